The van der Waals surface area contributed by atoms with Crippen LogP contribution in [-0.2, 0) is 17.6 Å². The molecular weight excluding hydrogens is 363 g/mol. The van der Waals surface area contributed by atoms with Gasteiger partial charge in [-0.05, 0) is 92.4 Å². The number of rotatable bonds is 5. The van der Waals surface area contributed by atoms with E-state index >= 15 is 0 Å². The molecule has 3 heteroatoms. The van der Waals surface area contributed by atoms with E-state index in [-0.39, 0.29) is 23.5 Å². The van der Waals surface area contributed by atoms with Gasteiger partial charge >= 0.3 is 5.97 Å². The molecule has 1 atom stereocenters. The van der Waals surface area contributed by atoms with Crippen LogP contribution in [0.2, 0.25) is 0 Å². The van der Waals surface area contributed by atoms with Gasteiger partial charge < -0.3 is 4.74 Å². The van der Waals surface area contributed by atoms with E-state index in [1.54, 1.807) is 13.0 Å². The molecule has 0 aromatic heterocycles. The number of ether oxygens (including phenoxy) is 1. The molecule has 29 heavy (non-hydrogen) atoms. The fourth-order valence-corrected chi connectivity index (χ4v) is 4.97. The van der Waals surface area contributed by atoms with Crippen molar-refractivity contribution in [3.63, 3.8) is 0 Å². The van der Waals surface area contributed by atoms with Gasteiger partial charge in [0.1, 0.15) is 0 Å². The van der Waals surface area contributed by atoms with Gasteiger partial charge in [0.15, 0.2) is 11.6 Å². The second-order valence-corrected chi connectivity index (χ2v) is 8.90. The first-order valence-electron chi connectivity index (χ1n) is 11.1. The molecule has 0 amide bonds. The second-order valence-electron chi connectivity index (χ2n) is 8.90. The van der Waals surface area contributed by atoms with Crippen LogP contribution >= 0.6 is 0 Å². The van der Waals surface area contributed by atoms with Crippen molar-refractivity contribution in [2.75, 3.05) is 0 Å². The van der Waals surface area contributed by atoms with Gasteiger partial charge in [0.05, 0.1) is 5.92 Å². The number of esters is 1. The van der Waals surface area contributed by atoms with Crippen LogP contribution in [0, 0.1) is 24.6 Å². The molecule has 1 unspecified atom stereocenters. The number of hydrogen-bond acceptors (Lipinski definition) is 2. The van der Waals surface area contributed by atoms with Crippen LogP contribution in [0.15, 0.2) is 36.4 Å². The van der Waals surface area contributed by atoms with Crippen molar-refractivity contribution in [1.82, 2.24) is 0 Å². The van der Waals surface area contributed by atoms with Crippen LogP contribution in [0.3, 0.4) is 0 Å². The number of carbonyl (C=O) groups excluding carboxylic acids is 1. The van der Waals surface area contributed by atoms with E-state index in [1.165, 1.54) is 36.8 Å². The lowest BCUT2D eigenvalue weighted by Gasteiger charge is -2.30. The molecule has 0 bridgehead atoms. The van der Waals surface area contributed by atoms with Gasteiger partial charge in [-0.15, -0.1) is 0 Å². The quantitative estimate of drug-likeness (QED) is 0.426. The summed E-state index contributed by atoms with van der Waals surface area (Å²) in [6, 6.07) is 12.8. The average molecular weight is 395 g/mol. The fourth-order valence-electron chi connectivity index (χ4n) is 4.97. The minimum Gasteiger partial charge on any atom is -0.423 e. The Balaban J connectivity index is 1.29. The van der Waals surface area contributed by atoms with Gasteiger partial charge in [0, 0.05) is 0 Å². The smallest absolute Gasteiger partial charge is 0.314 e. The summed E-state index contributed by atoms with van der Waals surface area (Å²) in [5.41, 5.74) is 4.23. The van der Waals surface area contributed by atoms with Crippen molar-refractivity contribution in [3.8, 4) is 5.75 Å². The van der Waals surface area contributed by atoms with Crippen molar-refractivity contribution in [2.24, 2.45) is 11.8 Å². The summed E-state index contributed by atoms with van der Waals surface area (Å²) in [6.07, 6.45) is 8.52. The average Bonchev–Trinajstić information content (AvgIpc) is 2.76. The SMILES string of the molecule is CCc1ccc(C2CCC(CCC3Cc4ccc(C)c(F)c4OC3=O)CC2)cc1. The molecule has 1 heterocycles. The zero-order chi connectivity index (χ0) is 20.4. The Morgan fingerprint density at radius 3 is 2.41 bits per heavy atom. The molecule has 1 fully saturated rings. The highest BCUT2D eigenvalue weighted by Gasteiger charge is 2.32. The highest BCUT2D eigenvalue weighted by atomic mass is 19.1. The number of carbonyl (C=O) groups is 1. The van der Waals surface area contributed by atoms with Gasteiger partial charge in [-0.1, -0.05) is 43.3 Å². The minimum atomic E-state index is -0.389. The topological polar surface area (TPSA) is 26.3 Å². The molecule has 2 aromatic carbocycles. The maximum Gasteiger partial charge on any atom is 0.314 e. The summed E-state index contributed by atoms with van der Waals surface area (Å²) in [5, 5.41) is 0. The van der Waals surface area contributed by atoms with E-state index in [1.807, 2.05) is 6.07 Å². The molecule has 1 aliphatic carbocycles. The maximum absolute atomic E-state index is 14.2. The summed E-state index contributed by atoms with van der Waals surface area (Å²) >= 11 is 0. The van der Waals surface area contributed by atoms with Gasteiger partial charge in [-0.3, -0.25) is 4.79 Å². The Morgan fingerprint density at radius 2 is 1.72 bits per heavy atom. The zero-order valence-electron chi connectivity index (χ0n) is 17.5. The molecule has 2 nitrogen and oxygen atoms in total. The lowest BCUT2D eigenvalue weighted by molar-refractivity contribution is -0.140. The standard InChI is InChI=1S/C26H31FO2/c1-3-18-5-11-20(12-6-18)21-13-7-19(8-14-21)9-15-23-16-22-10-4-17(2)24(27)25(22)29-26(23)28/h4-6,10-12,19,21,23H,3,7-9,13-16H2,1-2H3. The first kappa shape index (κ1) is 20.1. The van der Waals surface area contributed by atoms with E-state index in [0.717, 1.165) is 24.8 Å². The van der Waals surface area contributed by atoms with Crippen LogP contribution in [0.5, 0.6) is 5.75 Å². The molecule has 4 rings (SSSR count). The largest absolute Gasteiger partial charge is 0.423 e. The van der Waals surface area contributed by atoms with E-state index in [4.69, 9.17) is 4.74 Å². The van der Waals surface area contributed by atoms with Gasteiger partial charge in [0.2, 0.25) is 0 Å². The number of benzene rings is 2. The van der Waals surface area contributed by atoms with Crippen molar-refractivity contribution >= 4 is 5.97 Å². The van der Waals surface area contributed by atoms with Crippen LogP contribution < -0.4 is 4.74 Å². The highest BCUT2D eigenvalue weighted by Crippen LogP contribution is 2.39. The first-order valence-corrected chi connectivity index (χ1v) is 11.1. The zero-order valence-corrected chi connectivity index (χ0v) is 17.5. The summed E-state index contributed by atoms with van der Waals surface area (Å²) in [7, 11) is 0. The van der Waals surface area contributed by atoms with Crippen LogP contribution in [-0.4, -0.2) is 5.97 Å². The molecule has 0 saturated heterocycles. The molecule has 1 saturated carbocycles. The highest BCUT2D eigenvalue weighted by molar-refractivity contribution is 5.78. The van der Waals surface area contributed by atoms with Crippen molar-refractivity contribution in [3.05, 3.63) is 64.5 Å². The van der Waals surface area contributed by atoms with Crippen LogP contribution in [0.1, 0.15) is 73.6 Å². The molecular formula is C26H31FO2. The normalized spacial score (nSPS) is 24.1. The van der Waals surface area contributed by atoms with Gasteiger partial charge in [-0.25, -0.2) is 4.39 Å². The predicted molar refractivity (Wildman–Crippen MR) is 114 cm³/mol. The van der Waals surface area contributed by atoms with Gasteiger partial charge in [-0.2, -0.15) is 0 Å². The van der Waals surface area contributed by atoms with Crippen molar-refractivity contribution in [1.29, 1.82) is 0 Å². The van der Waals surface area contributed by atoms with E-state index in [0.29, 0.717) is 23.8 Å². The Labute approximate surface area is 173 Å². The maximum atomic E-state index is 14.2. The summed E-state index contributed by atoms with van der Waals surface area (Å²) in [6.45, 7) is 3.89. The second kappa shape index (κ2) is 8.69. The van der Waals surface area contributed by atoms with Gasteiger partial charge in [0.25, 0.3) is 0 Å². The Morgan fingerprint density at radius 1 is 1.00 bits per heavy atom. The van der Waals surface area contributed by atoms with E-state index in [2.05, 4.69) is 31.2 Å². The van der Waals surface area contributed by atoms with E-state index in [9.17, 15) is 9.18 Å². The Bertz CT molecular complexity index is 863. The molecule has 154 valence electrons. The van der Waals surface area contributed by atoms with Crippen molar-refractivity contribution < 1.29 is 13.9 Å². The van der Waals surface area contributed by atoms with Crippen LogP contribution in [0.4, 0.5) is 4.39 Å². The number of halogens is 1. The van der Waals surface area contributed by atoms with Crippen molar-refractivity contribution in [2.45, 2.75) is 71.1 Å². The molecule has 2 aliphatic rings. The summed E-state index contributed by atoms with van der Waals surface area (Å²) < 4.78 is 19.6. The third-order valence-corrected chi connectivity index (χ3v) is 7.00. The Hall–Kier alpha value is -2.16. The minimum absolute atomic E-state index is 0.135. The third kappa shape index (κ3) is 4.39. The predicted octanol–water partition coefficient (Wildman–Crippen LogP) is 6.53. The third-order valence-electron chi connectivity index (χ3n) is 7.00. The molecule has 0 N–H and O–H groups in total. The summed E-state index contributed by atoms with van der Waals surface area (Å²) in [5.74, 6) is 0.732. The Kier molecular flexibility index (Phi) is 6.03. The number of hydrogen-bond donors (Lipinski definition) is 0. The fraction of sp³-hybridized carbons (Fsp3) is 0.500. The first-order chi connectivity index (χ1) is 14.0. The van der Waals surface area contributed by atoms with E-state index < -0.39 is 0 Å². The lowest BCUT2D eigenvalue weighted by Crippen LogP contribution is -2.29. The molecule has 2 aromatic rings. The summed E-state index contributed by atoms with van der Waals surface area (Å²) in [4.78, 5) is 12.4. The lowest BCUT2D eigenvalue weighted by atomic mass is 9.76. The molecule has 0 spiro atoms. The number of aryl methyl sites for hydroxylation is 2. The number of fused-ring (bicyclic) bond motifs is 1. The van der Waals surface area contributed by atoms with Crippen LogP contribution in [0.25, 0.3) is 0 Å². The molecule has 1 aliphatic heterocycles. The monoisotopic (exact) mass is 394 g/mol. The molecule has 0 radical (unpaired) electrons.